The van der Waals surface area contributed by atoms with E-state index < -0.39 is 12.1 Å². The number of methoxy groups -OCH3 is 1. The molecule has 184 valence electrons. The molecule has 0 bridgehead atoms. The summed E-state index contributed by atoms with van der Waals surface area (Å²) in [5.74, 6) is 0.901. The number of nitrogens with zero attached hydrogens (tertiary/aromatic N) is 1. The van der Waals surface area contributed by atoms with E-state index in [0.717, 1.165) is 29.9 Å². The van der Waals surface area contributed by atoms with E-state index in [1.54, 1.807) is 31.4 Å². The van der Waals surface area contributed by atoms with Crippen LogP contribution in [0.3, 0.4) is 0 Å². The van der Waals surface area contributed by atoms with Crippen LogP contribution in [0.2, 0.25) is 0 Å². The van der Waals surface area contributed by atoms with Gasteiger partial charge < -0.3 is 19.1 Å². The van der Waals surface area contributed by atoms with Crippen molar-refractivity contribution in [2.24, 2.45) is 0 Å². The van der Waals surface area contributed by atoms with Crippen molar-refractivity contribution in [3.05, 3.63) is 95.1 Å². The number of benzene rings is 3. The molecule has 0 N–H and O–H groups in total. The molecule has 0 radical (unpaired) electrons. The van der Waals surface area contributed by atoms with Crippen molar-refractivity contribution in [1.29, 1.82) is 0 Å². The third-order valence-electron chi connectivity index (χ3n) is 5.61. The Bertz CT molecular complexity index is 1120. The molecule has 0 aliphatic heterocycles. The Morgan fingerprint density at radius 3 is 2.17 bits per heavy atom. The number of aryl methyl sites for hydroxylation is 2. The Kier molecular flexibility index (Phi) is 9.44. The van der Waals surface area contributed by atoms with E-state index in [-0.39, 0.29) is 18.0 Å². The van der Waals surface area contributed by atoms with E-state index in [0.29, 0.717) is 12.1 Å². The normalized spacial score (nSPS) is 11.7. The lowest BCUT2D eigenvalue weighted by atomic mass is 10.0. The highest BCUT2D eigenvalue weighted by Crippen LogP contribution is 2.22. The first-order valence-corrected chi connectivity index (χ1v) is 11.7. The van der Waals surface area contributed by atoms with Crippen LogP contribution in [0.15, 0.2) is 72.8 Å². The second-order valence-electron chi connectivity index (χ2n) is 8.66. The minimum Gasteiger partial charge on any atom is -0.497 e. The van der Waals surface area contributed by atoms with Crippen molar-refractivity contribution >= 4 is 11.8 Å². The smallest absolute Gasteiger partial charge is 0.339 e. The molecule has 0 fully saturated rings. The van der Waals surface area contributed by atoms with Crippen LogP contribution in [0.1, 0.15) is 38.8 Å². The van der Waals surface area contributed by atoms with Crippen molar-refractivity contribution in [3.63, 3.8) is 0 Å². The van der Waals surface area contributed by atoms with Crippen molar-refractivity contribution in [2.45, 2.75) is 25.9 Å². The number of para-hydroxylation sites is 1. The summed E-state index contributed by atoms with van der Waals surface area (Å²) in [7, 11) is 5.48. The fraction of sp³-hybridized carbons (Fsp3) is 0.310. The largest absolute Gasteiger partial charge is 0.497 e. The molecule has 0 amide bonds. The average Bonchev–Trinajstić information content (AvgIpc) is 2.86. The zero-order chi connectivity index (χ0) is 25.2. The zero-order valence-corrected chi connectivity index (χ0v) is 20.8. The quantitative estimate of drug-likeness (QED) is 0.276. The first-order valence-electron chi connectivity index (χ1n) is 11.7. The molecule has 0 aliphatic rings. The molecule has 3 rings (SSSR count). The Balaban J connectivity index is 1.67. The topological polar surface area (TPSA) is 65.1 Å². The van der Waals surface area contributed by atoms with Crippen molar-refractivity contribution < 1.29 is 23.8 Å². The molecule has 0 heterocycles. The molecule has 6 nitrogen and oxygen atoms in total. The van der Waals surface area contributed by atoms with E-state index in [2.05, 4.69) is 18.2 Å². The third-order valence-corrected chi connectivity index (χ3v) is 5.61. The van der Waals surface area contributed by atoms with Gasteiger partial charge in [0.2, 0.25) is 0 Å². The van der Waals surface area contributed by atoms with Crippen molar-refractivity contribution in [3.8, 4) is 11.5 Å². The molecule has 3 aromatic carbocycles. The van der Waals surface area contributed by atoms with Gasteiger partial charge in [0.1, 0.15) is 24.2 Å². The van der Waals surface area contributed by atoms with Gasteiger partial charge >= 0.3 is 5.97 Å². The summed E-state index contributed by atoms with van der Waals surface area (Å²) in [6.45, 7) is 2.13. The number of rotatable bonds is 12. The molecule has 1 unspecified atom stereocenters. The van der Waals surface area contributed by atoms with Gasteiger partial charge in [-0.1, -0.05) is 48.5 Å². The van der Waals surface area contributed by atoms with Gasteiger partial charge in [0.15, 0.2) is 5.78 Å². The lowest BCUT2D eigenvalue weighted by Crippen LogP contribution is -2.35. The predicted molar refractivity (Wildman–Crippen MR) is 137 cm³/mol. The van der Waals surface area contributed by atoms with Gasteiger partial charge in [0, 0.05) is 12.1 Å². The van der Waals surface area contributed by atoms with Crippen molar-refractivity contribution in [1.82, 2.24) is 4.90 Å². The number of carbonyl (C=O) groups excluding carboxylic acids is 2. The zero-order valence-electron chi connectivity index (χ0n) is 20.8. The van der Waals surface area contributed by atoms with Gasteiger partial charge in [-0.2, -0.15) is 0 Å². The standard InChI is InChI=1S/C29H33NO5/c1-21(31)26-10-6-7-11-27(26)29(32)35-25(19-30(2)3)20-34-28-12-8-5-9-23(28)16-13-22-14-17-24(33-4)18-15-22/h5-12,14-15,17-18,25H,13,16,19-20H2,1-4H3. The summed E-state index contributed by atoms with van der Waals surface area (Å²) in [6.07, 6.45) is 1.17. The number of ketones is 1. The minimum atomic E-state index is -0.529. The lowest BCUT2D eigenvalue weighted by Gasteiger charge is -2.23. The van der Waals surface area contributed by atoms with E-state index in [1.807, 2.05) is 49.3 Å². The number of carbonyl (C=O) groups is 2. The lowest BCUT2D eigenvalue weighted by molar-refractivity contribution is 0.0101. The van der Waals surface area contributed by atoms with Crippen LogP contribution >= 0.6 is 0 Å². The highest BCUT2D eigenvalue weighted by molar-refractivity contribution is 6.05. The summed E-state index contributed by atoms with van der Waals surface area (Å²) < 4.78 is 17.2. The van der Waals surface area contributed by atoms with Crippen molar-refractivity contribution in [2.75, 3.05) is 34.4 Å². The molecule has 0 saturated carbocycles. The van der Waals surface area contributed by atoms with Crippen LogP contribution in [0.4, 0.5) is 0 Å². The van der Waals surface area contributed by atoms with Gasteiger partial charge in [0.05, 0.1) is 12.7 Å². The van der Waals surface area contributed by atoms with Crippen LogP contribution in [0.5, 0.6) is 11.5 Å². The fourth-order valence-electron chi connectivity index (χ4n) is 3.82. The molecular weight excluding hydrogens is 442 g/mol. The van der Waals surface area contributed by atoms with E-state index in [1.165, 1.54) is 12.5 Å². The molecule has 0 aromatic heterocycles. The maximum absolute atomic E-state index is 12.9. The van der Waals surface area contributed by atoms with Crippen LogP contribution in [-0.4, -0.2) is 57.1 Å². The maximum Gasteiger partial charge on any atom is 0.339 e. The first-order chi connectivity index (χ1) is 16.9. The number of Topliss-reactive ketones (excluding diaryl/α,β-unsaturated/α-hetero) is 1. The van der Waals surface area contributed by atoms with Crippen LogP contribution < -0.4 is 9.47 Å². The number of hydrogen-bond donors (Lipinski definition) is 0. The molecule has 3 aromatic rings. The third kappa shape index (κ3) is 7.69. The summed E-state index contributed by atoms with van der Waals surface area (Å²) in [5.41, 5.74) is 2.92. The number of hydrogen-bond acceptors (Lipinski definition) is 6. The molecule has 0 saturated heterocycles. The summed E-state index contributed by atoms with van der Waals surface area (Å²) in [4.78, 5) is 26.8. The van der Waals surface area contributed by atoms with Gasteiger partial charge in [0.25, 0.3) is 0 Å². The summed E-state index contributed by atoms with van der Waals surface area (Å²) in [5, 5.41) is 0. The molecule has 1 atom stereocenters. The highest BCUT2D eigenvalue weighted by atomic mass is 16.6. The van der Waals surface area contributed by atoms with Gasteiger partial charge in [-0.15, -0.1) is 0 Å². The average molecular weight is 476 g/mol. The molecule has 0 aliphatic carbocycles. The Labute approximate surface area is 207 Å². The fourth-order valence-corrected chi connectivity index (χ4v) is 3.82. The second-order valence-corrected chi connectivity index (χ2v) is 8.66. The van der Waals surface area contributed by atoms with E-state index in [9.17, 15) is 9.59 Å². The van der Waals surface area contributed by atoms with Gasteiger partial charge in [-0.3, -0.25) is 4.79 Å². The number of ether oxygens (including phenoxy) is 3. The van der Waals surface area contributed by atoms with Crippen LogP contribution in [0, 0.1) is 0 Å². The minimum absolute atomic E-state index is 0.177. The van der Waals surface area contributed by atoms with Gasteiger partial charge in [-0.25, -0.2) is 4.79 Å². The molecule has 0 spiro atoms. The van der Waals surface area contributed by atoms with E-state index in [4.69, 9.17) is 14.2 Å². The van der Waals surface area contributed by atoms with E-state index >= 15 is 0 Å². The Morgan fingerprint density at radius 2 is 1.51 bits per heavy atom. The summed E-state index contributed by atoms with van der Waals surface area (Å²) in [6, 6.07) is 22.7. The maximum atomic E-state index is 12.9. The van der Waals surface area contributed by atoms with Gasteiger partial charge in [-0.05, 0) is 69.3 Å². The molecule has 6 heteroatoms. The number of esters is 1. The second kappa shape index (κ2) is 12.7. The van der Waals surface area contributed by atoms with Crippen LogP contribution in [0.25, 0.3) is 0 Å². The molecular formula is C29H33NO5. The predicted octanol–water partition coefficient (Wildman–Crippen LogP) is 4.85. The number of likely N-dealkylation sites (N-methyl/N-ethyl adjacent to an activating group) is 1. The monoisotopic (exact) mass is 475 g/mol. The Hall–Kier alpha value is -3.64. The summed E-state index contributed by atoms with van der Waals surface area (Å²) >= 11 is 0. The van der Waals surface area contributed by atoms with Crippen LogP contribution in [-0.2, 0) is 17.6 Å². The molecule has 35 heavy (non-hydrogen) atoms. The SMILES string of the molecule is COc1ccc(CCc2ccccc2OCC(CN(C)C)OC(=O)c2ccccc2C(C)=O)cc1. The first kappa shape index (κ1) is 26.0. The Morgan fingerprint density at radius 1 is 0.857 bits per heavy atom. The highest BCUT2D eigenvalue weighted by Gasteiger charge is 2.21.